The molecule has 3 heteroatoms. The average molecular weight is 478 g/mol. The number of hydrogen-bond donors (Lipinski definition) is 0. The summed E-state index contributed by atoms with van der Waals surface area (Å²) in [5.41, 5.74) is 0.799. The van der Waals surface area contributed by atoms with Gasteiger partial charge in [0.05, 0.1) is 0 Å². The van der Waals surface area contributed by atoms with E-state index in [4.69, 9.17) is 4.43 Å². The summed E-state index contributed by atoms with van der Waals surface area (Å²) in [7, 11) is -1.63. The second-order valence-corrected chi connectivity index (χ2v) is 12.7. The van der Waals surface area contributed by atoms with Gasteiger partial charge in [-0.05, 0) is 73.9 Å². The molecule has 4 rings (SSSR count). The third kappa shape index (κ3) is 6.02. The molecule has 0 aromatic heterocycles. The summed E-state index contributed by atoms with van der Waals surface area (Å²) in [6, 6.07) is 0. The van der Waals surface area contributed by atoms with Crippen LogP contribution in [0.4, 0.5) is 0 Å². The molecule has 0 saturated heterocycles. The largest absolute Gasteiger partial charge is 4.00 e. The fourth-order valence-corrected chi connectivity index (χ4v) is 8.46. The van der Waals surface area contributed by atoms with Gasteiger partial charge < -0.3 is 34.1 Å². The second kappa shape index (κ2) is 12.7. The zero-order valence-corrected chi connectivity index (χ0v) is 22.5. The van der Waals surface area contributed by atoms with Crippen LogP contribution >= 0.6 is 0 Å². The van der Waals surface area contributed by atoms with Gasteiger partial charge in [0.25, 0.3) is 0 Å². The minimum Gasteiger partial charge on any atom is -0.417 e. The molecule has 0 heterocycles. The zero-order valence-electron chi connectivity index (χ0n) is 19.0. The molecule has 0 radical (unpaired) electrons. The van der Waals surface area contributed by atoms with Crippen LogP contribution in [0.25, 0.3) is 0 Å². The molecular weight excluding hydrogens is 436 g/mol. The molecule has 0 spiro atoms. The van der Waals surface area contributed by atoms with Gasteiger partial charge in [0.1, 0.15) is 0 Å². The van der Waals surface area contributed by atoms with Gasteiger partial charge >= 0.3 is 26.2 Å². The molecule has 0 aromatic carbocycles. The molecule has 0 amide bonds. The topological polar surface area (TPSA) is 9.23 Å². The van der Waals surface area contributed by atoms with Crippen molar-refractivity contribution in [3.05, 3.63) is 78.3 Å². The Bertz CT molecular complexity index is 563. The fraction of sp³-hybridized carbons (Fsp3) is 0.520. The smallest absolute Gasteiger partial charge is 0.417 e. The van der Waals surface area contributed by atoms with Crippen molar-refractivity contribution >= 4 is 8.32 Å². The normalized spacial score (nSPS) is 33.9. The van der Waals surface area contributed by atoms with Crippen molar-refractivity contribution in [2.24, 2.45) is 29.6 Å². The van der Waals surface area contributed by atoms with Crippen molar-refractivity contribution in [2.75, 3.05) is 6.61 Å². The predicted molar refractivity (Wildman–Crippen MR) is 125 cm³/mol. The standard InChI is InChI=1S/C21H30OSi.4CH3.Zr/c1-23(2,21-14-13-17-8-4-6-10-20(17)21)22-15-18-12-11-16-7-3-5-9-19(16)18;;;;;/h3-10,16-21H,11-15H2,1-2H3;4*1H3;/q;4*-1;+4. The third-order valence-corrected chi connectivity index (χ3v) is 10.2. The summed E-state index contributed by atoms with van der Waals surface area (Å²) in [5.74, 6) is 3.78. The Morgan fingerprint density at radius 3 is 1.86 bits per heavy atom. The van der Waals surface area contributed by atoms with Crippen LogP contribution in [0.3, 0.4) is 0 Å². The molecule has 2 saturated carbocycles. The Balaban J connectivity index is 0. The maximum absolute atomic E-state index is 6.72. The first-order valence-electron chi connectivity index (χ1n) is 9.49. The average Bonchev–Trinajstić information content (AvgIpc) is 3.17. The first-order valence-corrected chi connectivity index (χ1v) is 12.5. The molecule has 6 atom stereocenters. The Kier molecular flexibility index (Phi) is 13.7. The van der Waals surface area contributed by atoms with E-state index in [0.717, 1.165) is 41.7 Å². The van der Waals surface area contributed by atoms with Gasteiger partial charge in [-0.3, -0.25) is 0 Å². The molecule has 0 bridgehead atoms. The van der Waals surface area contributed by atoms with E-state index in [-0.39, 0.29) is 55.9 Å². The Labute approximate surface area is 197 Å². The minimum atomic E-state index is -1.63. The molecule has 2 fully saturated rings. The van der Waals surface area contributed by atoms with E-state index < -0.39 is 8.32 Å². The predicted octanol–water partition coefficient (Wildman–Crippen LogP) is 7.30. The number of rotatable bonds is 4. The molecule has 4 aliphatic carbocycles. The van der Waals surface area contributed by atoms with E-state index >= 15 is 0 Å². The number of allylic oxidation sites excluding steroid dienone is 8. The van der Waals surface area contributed by atoms with E-state index in [0.29, 0.717) is 0 Å². The van der Waals surface area contributed by atoms with Crippen LogP contribution in [0, 0.1) is 59.3 Å². The van der Waals surface area contributed by atoms with Crippen molar-refractivity contribution in [2.45, 2.75) is 44.3 Å². The van der Waals surface area contributed by atoms with Gasteiger partial charge in [-0.1, -0.05) is 48.6 Å². The van der Waals surface area contributed by atoms with Gasteiger partial charge in [0, 0.05) is 6.61 Å². The molecule has 28 heavy (non-hydrogen) atoms. The summed E-state index contributed by atoms with van der Waals surface area (Å²) >= 11 is 0. The summed E-state index contributed by atoms with van der Waals surface area (Å²) in [6.45, 7) is 5.93. The monoisotopic (exact) mass is 476 g/mol. The first kappa shape index (κ1) is 30.2. The molecule has 1 nitrogen and oxygen atoms in total. The molecule has 6 unspecified atom stereocenters. The molecular formula is C25H42OSiZr. The maximum Gasteiger partial charge on any atom is 4.00 e. The van der Waals surface area contributed by atoms with Crippen LogP contribution in [0.2, 0.25) is 18.6 Å². The summed E-state index contributed by atoms with van der Waals surface area (Å²) < 4.78 is 6.72. The molecule has 0 aliphatic heterocycles. The van der Waals surface area contributed by atoms with Gasteiger partial charge in [0.2, 0.25) is 0 Å². The van der Waals surface area contributed by atoms with Crippen LogP contribution in [-0.4, -0.2) is 14.9 Å². The quantitative estimate of drug-likeness (QED) is 0.305. The van der Waals surface area contributed by atoms with Crippen molar-refractivity contribution in [3.63, 3.8) is 0 Å². The van der Waals surface area contributed by atoms with E-state index in [1.54, 1.807) is 0 Å². The van der Waals surface area contributed by atoms with Crippen LogP contribution in [-0.2, 0) is 30.6 Å². The second-order valence-electron chi connectivity index (χ2n) is 8.46. The van der Waals surface area contributed by atoms with E-state index in [1.807, 2.05) is 0 Å². The number of hydrogen-bond acceptors (Lipinski definition) is 1. The van der Waals surface area contributed by atoms with Crippen molar-refractivity contribution in [1.82, 2.24) is 0 Å². The molecule has 0 aromatic rings. The number of fused-ring (bicyclic) bond motifs is 2. The van der Waals surface area contributed by atoms with Gasteiger partial charge in [-0.15, -0.1) is 0 Å². The summed E-state index contributed by atoms with van der Waals surface area (Å²) in [5, 5.41) is 0. The van der Waals surface area contributed by atoms with Crippen molar-refractivity contribution < 1.29 is 30.6 Å². The SMILES string of the molecule is C[Si](C)(OCC1CCC2C=CC=CC21)C1CCC2C=CC=CC21.[CH3-].[CH3-].[CH3-].[CH3-].[Zr+4]. The maximum atomic E-state index is 6.72. The fourth-order valence-electron chi connectivity index (χ4n) is 5.46. The Morgan fingerprint density at radius 1 is 0.714 bits per heavy atom. The van der Waals surface area contributed by atoms with Gasteiger partial charge in [-0.2, -0.15) is 0 Å². The Hall–Kier alpha value is 0.0200. The van der Waals surface area contributed by atoms with Crippen LogP contribution in [0.1, 0.15) is 25.7 Å². The minimum absolute atomic E-state index is 0. The summed E-state index contributed by atoms with van der Waals surface area (Å²) in [4.78, 5) is 0. The van der Waals surface area contributed by atoms with E-state index in [9.17, 15) is 0 Å². The van der Waals surface area contributed by atoms with Crippen LogP contribution in [0.15, 0.2) is 48.6 Å². The van der Waals surface area contributed by atoms with Crippen molar-refractivity contribution in [1.29, 1.82) is 0 Å². The zero-order chi connectivity index (χ0) is 15.9. The van der Waals surface area contributed by atoms with Crippen molar-refractivity contribution in [3.8, 4) is 0 Å². The molecule has 4 aliphatic rings. The van der Waals surface area contributed by atoms with Gasteiger partial charge in [0.15, 0.2) is 8.32 Å². The van der Waals surface area contributed by atoms with E-state index in [1.165, 1.54) is 25.7 Å². The molecule has 0 N–H and O–H groups in total. The molecule has 156 valence electrons. The van der Waals surface area contributed by atoms with Crippen LogP contribution in [0.5, 0.6) is 0 Å². The third-order valence-electron chi connectivity index (χ3n) is 6.85. The summed E-state index contributed by atoms with van der Waals surface area (Å²) in [6.07, 6.45) is 24.1. The first-order chi connectivity index (χ1) is 11.1. The van der Waals surface area contributed by atoms with E-state index in [2.05, 4.69) is 61.7 Å². The van der Waals surface area contributed by atoms with Crippen LogP contribution < -0.4 is 0 Å². The Morgan fingerprint density at radius 2 is 1.21 bits per heavy atom. The van der Waals surface area contributed by atoms with Gasteiger partial charge in [-0.25, -0.2) is 0 Å².